The van der Waals surface area contributed by atoms with Gasteiger partial charge in [-0.1, -0.05) is 0 Å². The molecule has 0 aliphatic carbocycles. The summed E-state index contributed by atoms with van der Waals surface area (Å²) in [5.41, 5.74) is 0. The van der Waals surface area contributed by atoms with Gasteiger partial charge in [0.2, 0.25) is 0 Å². The fraction of sp³-hybridized carbons (Fsp3) is 0.200. The lowest BCUT2D eigenvalue weighted by Crippen LogP contribution is -2.07. The van der Waals surface area contributed by atoms with Crippen LogP contribution in [-0.2, 0) is 0 Å². The maximum absolute atomic E-state index is 12.2. The van der Waals surface area contributed by atoms with E-state index in [-0.39, 0.29) is 0 Å². The quantitative estimate of drug-likeness (QED) is 0.367. The maximum Gasteiger partial charge on any atom is 0.170 e. The molecule has 0 aromatic carbocycles. The minimum absolute atomic E-state index is 0.351. The van der Waals surface area contributed by atoms with Crippen LogP contribution in [-0.4, -0.2) is 18.2 Å². The molecule has 1 aliphatic rings. The first-order valence-electron chi connectivity index (χ1n) is 2.47. The summed E-state index contributed by atoms with van der Waals surface area (Å²) in [6, 6.07) is 0. The molecular formula is C5H6FN3. The van der Waals surface area contributed by atoms with Crippen molar-refractivity contribution in [2.75, 3.05) is 0 Å². The summed E-state index contributed by atoms with van der Waals surface area (Å²) in [5.74, 6) is 5.20. The van der Waals surface area contributed by atoms with Crippen molar-refractivity contribution in [1.29, 1.82) is 0 Å². The van der Waals surface area contributed by atoms with Gasteiger partial charge in [0.15, 0.2) is 12.0 Å². The Morgan fingerprint density at radius 1 is 1.78 bits per heavy atom. The lowest BCUT2D eigenvalue weighted by atomic mass is 10.3. The highest BCUT2D eigenvalue weighted by Crippen LogP contribution is 1.97. The Balaban J connectivity index is 2.70. The van der Waals surface area contributed by atoms with Gasteiger partial charge in [0.1, 0.15) is 0 Å². The molecule has 0 saturated heterocycles. The van der Waals surface area contributed by atoms with Crippen LogP contribution in [0.5, 0.6) is 0 Å². The van der Waals surface area contributed by atoms with E-state index < -0.39 is 6.17 Å². The van der Waals surface area contributed by atoms with E-state index in [1.54, 1.807) is 0 Å². The summed E-state index contributed by atoms with van der Waals surface area (Å²) < 4.78 is 12.2. The predicted molar refractivity (Wildman–Crippen MR) is 34.2 cm³/mol. The molecule has 1 rings (SSSR count). The molecule has 9 heavy (non-hydrogen) atoms. The number of nitrogens with zero attached hydrogens (tertiary/aromatic N) is 2. The van der Waals surface area contributed by atoms with E-state index in [4.69, 9.17) is 5.84 Å². The Bertz CT molecular complexity index is 167. The van der Waals surface area contributed by atoms with Gasteiger partial charge in [0.05, 0.1) is 0 Å². The monoisotopic (exact) mass is 127 g/mol. The average Bonchev–Trinajstić information content (AvgIpc) is 1.90. The van der Waals surface area contributed by atoms with Crippen molar-refractivity contribution in [3.8, 4) is 0 Å². The van der Waals surface area contributed by atoms with E-state index in [1.807, 2.05) is 0 Å². The summed E-state index contributed by atoms with van der Waals surface area (Å²) in [6.07, 6.45) is 2.82. The summed E-state index contributed by atoms with van der Waals surface area (Å²) in [6.45, 7) is 0. The highest BCUT2D eigenvalue weighted by atomic mass is 19.1. The number of amidine groups is 1. The molecule has 1 aliphatic heterocycles. The van der Waals surface area contributed by atoms with Gasteiger partial charge in [0, 0.05) is 6.21 Å². The van der Waals surface area contributed by atoms with Gasteiger partial charge >= 0.3 is 0 Å². The Kier molecular flexibility index (Phi) is 1.58. The van der Waals surface area contributed by atoms with Gasteiger partial charge in [-0.15, -0.1) is 0 Å². The molecule has 1 heterocycles. The van der Waals surface area contributed by atoms with Crippen LogP contribution in [0, 0.1) is 0 Å². The summed E-state index contributed by atoms with van der Waals surface area (Å²) in [4.78, 5) is 3.57. The van der Waals surface area contributed by atoms with E-state index in [0.717, 1.165) is 6.21 Å². The second-order valence-electron chi connectivity index (χ2n) is 1.57. The standard InChI is InChI=1S/C5H6FN3/c6-4-1-2-5(9-7)8-3-4/h1-4H,7H2/b9-5+. The van der Waals surface area contributed by atoms with E-state index >= 15 is 0 Å². The molecule has 3 nitrogen and oxygen atoms in total. The van der Waals surface area contributed by atoms with E-state index in [0.29, 0.717) is 5.84 Å². The van der Waals surface area contributed by atoms with Crippen molar-refractivity contribution in [2.24, 2.45) is 15.9 Å². The van der Waals surface area contributed by atoms with Crippen molar-refractivity contribution in [3.63, 3.8) is 0 Å². The summed E-state index contributed by atoms with van der Waals surface area (Å²) in [5, 5.41) is 3.25. The number of dihydropyridines is 1. The van der Waals surface area contributed by atoms with Crippen molar-refractivity contribution < 1.29 is 4.39 Å². The molecule has 0 saturated carbocycles. The topological polar surface area (TPSA) is 50.7 Å². The van der Waals surface area contributed by atoms with Gasteiger partial charge in [0.25, 0.3) is 0 Å². The second-order valence-corrected chi connectivity index (χ2v) is 1.57. The molecule has 0 aromatic rings. The van der Waals surface area contributed by atoms with Crippen molar-refractivity contribution in [3.05, 3.63) is 12.2 Å². The third-order valence-electron chi connectivity index (χ3n) is 0.911. The average molecular weight is 127 g/mol. The first-order valence-corrected chi connectivity index (χ1v) is 2.47. The van der Waals surface area contributed by atoms with Crippen LogP contribution >= 0.6 is 0 Å². The zero-order valence-electron chi connectivity index (χ0n) is 4.66. The fourth-order valence-corrected chi connectivity index (χ4v) is 0.495. The molecule has 0 aromatic heterocycles. The van der Waals surface area contributed by atoms with Gasteiger partial charge in [-0.2, -0.15) is 5.10 Å². The minimum Gasteiger partial charge on any atom is -0.321 e. The lowest BCUT2D eigenvalue weighted by Gasteiger charge is -1.98. The number of aliphatic imine (C=N–C) groups is 1. The van der Waals surface area contributed by atoms with Gasteiger partial charge in [-0.3, -0.25) is 0 Å². The summed E-state index contributed by atoms with van der Waals surface area (Å²) >= 11 is 0. The fourth-order valence-electron chi connectivity index (χ4n) is 0.495. The smallest absolute Gasteiger partial charge is 0.170 e. The SMILES string of the molecule is N/N=C1\C=CC(F)C=N1. The largest absolute Gasteiger partial charge is 0.321 e. The van der Waals surface area contributed by atoms with Crippen LogP contribution in [0.15, 0.2) is 22.2 Å². The predicted octanol–water partition coefficient (Wildman–Crippen LogP) is 0.237. The molecule has 4 heteroatoms. The Morgan fingerprint density at radius 3 is 3.00 bits per heavy atom. The Morgan fingerprint density at radius 2 is 2.56 bits per heavy atom. The van der Waals surface area contributed by atoms with E-state index in [2.05, 4.69) is 10.1 Å². The Labute approximate surface area is 51.8 Å². The first-order chi connectivity index (χ1) is 4.33. The molecular weight excluding hydrogens is 121 g/mol. The molecule has 48 valence electrons. The third kappa shape index (κ3) is 1.35. The maximum atomic E-state index is 12.2. The zero-order valence-corrected chi connectivity index (χ0v) is 4.66. The number of hydrogen-bond acceptors (Lipinski definition) is 2. The number of hydrazone groups is 1. The van der Waals surface area contributed by atoms with Gasteiger partial charge in [-0.25, -0.2) is 9.38 Å². The van der Waals surface area contributed by atoms with E-state index in [9.17, 15) is 4.39 Å². The molecule has 0 fully saturated rings. The van der Waals surface area contributed by atoms with E-state index in [1.165, 1.54) is 12.2 Å². The lowest BCUT2D eigenvalue weighted by molar-refractivity contribution is 0.498. The molecule has 0 amide bonds. The van der Waals surface area contributed by atoms with Crippen LogP contribution in [0.25, 0.3) is 0 Å². The van der Waals surface area contributed by atoms with Crippen molar-refractivity contribution in [2.45, 2.75) is 6.17 Å². The number of hydrogen-bond donors (Lipinski definition) is 1. The van der Waals surface area contributed by atoms with Crippen LogP contribution < -0.4 is 5.84 Å². The highest BCUT2D eigenvalue weighted by Gasteiger charge is 2.02. The van der Waals surface area contributed by atoms with Crippen LogP contribution in [0.3, 0.4) is 0 Å². The number of nitrogens with two attached hydrogens (primary N) is 1. The molecule has 1 atom stereocenters. The first kappa shape index (κ1) is 5.94. The number of halogens is 1. The second kappa shape index (κ2) is 2.39. The third-order valence-corrected chi connectivity index (χ3v) is 0.911. The zero-order chi connectivity index (χ0) is 6.69. The van der Waals surface area contributed by atoms with Crippen molar-refractivity contribution in [1.82, 2.24) is 0 Å². The number of alkyl halides is 1. The molecule has 1 unspecified atom stereocenters. The molecule has 0 spiro atoms. The van der Waals surface area contributed by atoms with Gasteiger partial charge < -0.3 is 5.84 Å². The highest BCUT2D eigenvalue weighted by molar-refractivity contribution is 6.01. The molecule has 0 bridgehead atoms. The van der Waals surface area contributed by atoms with Crippen LogP contribution in [0.2, 0.25) is 0 Å². The summed E-state index contributed by atoms with van der Waals surface area (Å²) in [7, 11) is 0. The minimum atomic E-state index is -1.09. The molecule has 0 radical (unpaired) electrons. The van der Waals surface area contributed by atoms with Crippen molar-refractivity contribution >= 4 is 12.1 Å². The van der Waals surface area contributed by atoms with Gasteiger partial charge in [-0.05, 0) is 12.2 Å². The van der Waals surface area contributed by atoms with Crippen LogP contribution in [0.4, 0.5) is 4.39 Å². The number of allylic oxidation sites excluding steroid dienone is 1. The normalized spacial score (nSPS) is 29.4. The van der Waals surface area contributed by atoms with Crippen LogP contribution in [0.1, 0.15) is 0 Å². The number of rotatable bonds is 0. The Hall–Kier alpha value is -1.19. The molecule has 2 N–H and O–H groups in total.